The van der Waals surface area contributed by atoms with E-state index in [1.165, 1.54) is 6.42 Å². The Bertz CT molecular complexity index is 517. The number of hydrogen-bond donors (Lipinski definition) is 1. The highest BCUT2D eigenvalue weighted by molar-refractivity contribution is 6.31. The first-order chi connectivity index (χ1) is 10.7. The second-order valence-electron chi connectivity index (χ2n) is 6.58. The van der Waals surface area contributed by atoms with Gasteiger partial charge in [0, 0.05) is 24.0 Å². The van der Waals surface area contributed by atoms with Crippen molar-refractivity contribution in [2.75, 3.05) is 19.6 Å². The smallest absolute Gasteiger partial charge is 0.222 e. The van der Waals surface area contributed by atoms with E-state index in [2.05, 4.69) is 16.3 Å². The number of benzene rings is 1. The van der Waals surface area contributed by atoms with E-state index >= 15 is 0 Å². The molecule has 1 N–H and O–H groups in total. The molecule has 2 heterocycles. The number of rotatable bonds is 5. The lowest BCUT2D eigenvalue weighted by molar-refractivity contribution is -0.132. The highest BCUT2D eigenvalue weighted by Gasteiger charge is 2.29. The molecule has 0 spiro atoms. The minimum atomic E-state index is 0. The van der Waals surface area contributed by atoms with Gasteiger partial charge in [-0.15, -0.1) is 12.4 Å². The third-order valence-corrected chi connectivity index (χ3v) is 5.41. The van der Waals surface area contributed by atoms with Crippen LogP contribution in [-0.2, 0) is 11.2 Å². The van der Waals surface area contributed by atoms with Crippen molar-refractivity contribution in [2.24, 2.45) is 5.92 Å². The number of amides is 1. The largest absolute Gasteiger partial charge is 0.339 e. The second-order valence-corrected chi connectivity index (χ2v) is 6.98. The van der Waals surface area contributed by atoms with E-state index in [-0.39, 0.29) is 12.4 Å². The summed E-state index contributed by atoms with van der Waals surface area (Å²) in [7, 11) is 0. The van der Waals surface area contributed by atoms with E-state index in [1.807, 2.05) is 18.2 Å². The predicted molar refractivity (Wildman–Crippen MR) is 97.3 cm³/mol. The number of carbonyl (C=O) groups excluding carboxylic acids is 1. The molecule has 1 amide bonds. The van der Waals surface area contributed by atoms with Crippen LogP contribution in [0, 0.1) is 5.92 Å². The first kappa shape index (κ1) is 18.6. The number of halogens is 2. The lowest BCUT2D eigenvalue weighted by Gasteiger charge is -2.25. The molecule has 128 valence electrons. The predicted octanol–water partition coefficient (Wildman–Crippen LogP) is 3.69. The summed E-state index contributed by atoms with van der Waals surface area (Å²) in [5.41, 5.74) is 1.16. The van der Waals surface area contributed by atoms with E-state index in [4.69, 9.17) is 11.6 Å². The number of hydrogen-bond acceptors (Lipinski definition) is 2. The van der Waals surface area contributed by atoms with Gasteiger partial charge < -0.3 is 10.2 Å². The Balaban J connectivity index is 0.00000192. The third kappa shape index (κ3) is 4.85. The van der Waals surface area contributed by atoms with Crippen LogP contribution in [0.5, 0.6) is 0 Å². The van der Waals surface area contributed by atoms with Crippen LogP contribution < -0.4 is 5.32 Å². The molecule has 2 aliphatic heterocycles. The Morgan fingerprint density at radius 3 is 2.87 bits per heavy atom. The van der Waals surface area contributed by atoms with E-state index in [1.54, 1.807) is 0 Å². The van der Waals surface area contributed by atoms with Crippen molar-refractivity contribution < 1.29 is 4.79 Å². The van der Waals surface area contributed by atoms with Gasteiger partial charge in [-0.1, -0.05) is 29.8 Å². The molecule has 5 heteroatoms. The molecule has 1 aromatic rings. The van der Waals surface area contributed by atoms with Crippen LogP contribution in [0.25, 0.3) is 0 Å². The highest BCUT2D eigenvalue weighted by atomic mass is 35.5. The maximum Gasteiger partial charge on any atom is 0.222 e. The van der Waals surface area contributed by atoms with Gasteiger partial charge >= 0.3 is 0 Å². The fraction of sp³-hybridized carbons (Fsp3) is 0.611. The highest BCUT2D eigenvalue weighted by Crippen LogP contribution is 2.26. The van der Waals surface area contributed by atoms with Crippen molar-refractivity contribution in [3.8, 4) is 0 Å². The molecular formula is C18H26Cl2N2O. The summed E-state index contributed by atoms with van der Waals surface area (Å²) < 4.78 is 0. The SMILES string of the molecule is Cl.O=C(CCC1CCNC1)N1CCCC1Cc1ccccc1Cl. The molecule has 0 saturated carbocycles. The fourth-order valence-corrected chi connectivity index (χ4v) is 3.94. The zero-order valence-corrected chi connectivity index (χ0v) is 15.0. The molecule has 0 aromatic heterocycles. The molecule has 0 radical (unpaired) electrons. The first-order valence-corrected chi connectivity index (χ1v) is 8.85. The van der Waals surface area contributed by atoms with Crippen molar-refractivity contribution >= 4 is 29.9 Å². The van der Waals surface area contributed by atoms with Crippen LogP contribution in [0.1, 0.15) is 37.7 Å². The van der Waals surface area contributed by atoms with E-state index < -0.39 is 0 Å². The Labute approximate surface area is 150 Å². The van der Waals surface area contributed by atoms with Crippen LogP contribution in [0.2, 0.25) is 5.02 Å². The van der Waals surface area contributed by atoms with Crippen molar-refractivity contribution in [3.63, 3.8) is 0 Å². The summed E-state index contributed by atoms with van der Waals surface area (Å²) >= 11 is 6.27. The molecule has 0 bridgehead atoms. The Morgan fingerprint density at radius 1 is 1.30 bits per heavy atom. The summed E-state index contributed by atoms with van der Waals surface area (Å²) in [5.74, 6) is 1.02. The van der Waals surface area contributed by atoms with Crippen LogP contribution in [-0.4, -0.2) is 36.5 Å². The van der Waals surface area contributed by atoms with Crippen molar-refractivity contribution in [1.82, 2.24) is 10.2 Å². The second kappa shape index (κ2) is 8.91. The number of likely N-dealkylation sites (tertiary alicyclic amines) is 1. The molecule has 23 heavy (non-hydrogen) atoms. The topological polar surface area (TPSA) is 32.3 Å². The summed E-state index contributed by atoms with van der Waals surface area (Å²) in [5, 5.41) is 4.19. The van der Waals surface area contributed by atoms with Gasteiger partial charge in [-0.3, -0.25) is 4.79 Å². The number of nitrogens with zero attached hydrogens (tertiary/aromatic N) is 1. The lowest BCUT2D eigenvalue weighted by atomic mass is 10.0. The zero-order valence-electron chi connectivity index (χ0n) is 13.5. The third-order valence-electron chi connectivity index (χ3n) is 5.04. The van der Waals surface area contributed by atoms with Crippen molar-refractivity contribution in [1.29, 1.82) is 0 Å². The molecule has 2 unspecified atom stereocenters. The van der Waals surface area contributed by atoms with Gasteiger partial charge in [0.15, 0.2) is 0 Å². The average Bonchev–Trinajstić information content (AvgIpc) is 3.18. The lowest BCUT2D eigenvalue weighted by Crippen LogP contribution is -2.37. The van der Waals surface area contributed by atoms with Gasteiger partial charge in [-0.05, 0) is 62.7 Å². The van der Waals surface area contributed by atoms with Gasteiger partial charge in [0.05, 0.1) is 0 Å². The summed E-state index contributed by atoms with van der Waals surface area (Å²) in [6.07, 6.45) is 6.05. The molecule has 2 aliphatic rings. The minimum absolute atomic E-state index is 0. The normalized spacial score (nSPS) is 23.8. The quantitative estimate of drug-likeness (QED) is 0.872. The maximum absolute atomic E-state index is 12.6. The monoisotopic (exact) mass is 356 g/mol. The molecule has 0 aliphatic carbocycles. The molecule has 3 nitrogen and oxygen atoms in total. The molecule has 2 fully saturated rings. The molecule has 2 saturated heterocycles. The van der Waals surface area contributed by atoms with E-state index in [0.717, 1.165) is 55.9 Å². The molecular weight excluding hydrogens is 331 g/mol. The van der Waals surface area contributed by atoms with Crippen molar-refractivity contribution in [2.45, 2.75) is 44.6 Å². The fourth-order valence-electron chi connectivity index (χ4n) is 3.73. The number of carbonyl (C=O) groups is 1. The van der Waals surface area contributed by atoms with E-state index in [9.17, 15) is 4.79 Å². The van der Waals surface area contributed by atoms with Crippen LogP contribution in [0.4, 0.5) is 0 Å². The Kier molecular flexibility index (Phi) is 7.19. The number of nitrogens with one attached hydrogen (secondary N) is 1. The van der Waals surface area contributed by atoms with Gasteiger partial charge in [0.2, 0.25) is 5.91 Å². The summed E-state index contributed by atoms with van der Waals surface area (Å²) in [6.45, 7) is 3.10. The van der Waals surface area contributed by atoms with Gasteiger partial charge in [0.25, 0.3) is 0 Å². The van der Waals surface area contributed by atoms with E-state index in [0.29, 0.717) is 24.3 Å². The van der Waals surface area contributed by atoms with Crippen LogP contribution >= 0.6 is 24.0 Å². The minimum Gasteiger partial charge on any atom is -0.339 e. The molecule has 3 rings (SSSR count). The molecule has 1 aromatic carbocycles. The van der Waals surface area contributed by atoms with Crippen molar-refractivity contribution in [3.05, 3.63) is 34.9 Å². The Hall–Kier alpha value is -0.770. The molecule has 2 atom stereocenters. The zero-order chi connectivity index (χ0) is 15.4. The van der Waals surface area contributed by atoms with Gasteiger partial charge in [-0.25, -0.2) is 0 Å². The van der Waals surface area contributed by atoms with Gasteiger partial charge in [-0.2, -0.15) is 0 Å². The van der Waals surface area contributed by atoms with Crippen LogP contribution in [0.15, 0.2) is 24.3 Å². The summed E-state index contributed by atoms with van der Waals surface area (Å²) in [6, 6.07) is 8.32. The summed E-state index contributed by atoms with van der Waals surface area (Å²) in [4.78, 5) is 14.7. The Morgan fingerprint density at radius 2 is 2.13 bits per heavy atom. The average molecular weight is 357 g/mol. The maximum atomic E-state index is 12.6. The first-order valence-electron chi connectivity index (χ1n) is 8.47. The standard InChI is InChI=1S/C18H25ClN2O.ClH/c19-17-6-2-1-4-15(17)12-16-5-3-11-21(16)18(22)8-7-14-9-10-20-13-14;/h1-2,4,6,14,16,20H,3,5,7-13H2;1H. The van der Waals surface area contributed by atoms with Gasteiger partial charge in [0.1, 0.15) is 0 Å². The van der Waals surface area contributed by atoms with Crippen LogP contribution in [0.3, 0.4) is 0 Å².